The number of hydrogen-bond acceptors (Lipinski definition) is 3. The van der Waals surface area contributed by atoms with Gasteiger partial charge in [-0.1, -0.05) is 19.8 Å². The summed E-state index contributed by atoms with van der Waals surface area (Å²) in [6.45, 7) is 2.96. The number of carboxylic acid groups (broad SMARTS) is 1. The van der Waals surface area contributed by atoms with E-state index in [0.717, 1.165) is 18.7 Å². The van der Waals surface area contributed by atoms with Gasteiger partial charge in [0.25, 0.3) is 0 Å². The van der Waals surface area contributed by atoms with E-state index in [9.17, 15) is 4.79 Å². The molecule has 0 aromatic heterocycles. The van der Waals surface area contributed by atoms with Gasteiger partial charge in [0.15, 0.2) is 0 Å². The number of nitrogens with one attached hydrogen (secondary N) is 1. The summed E-state index contributed by atoms with van der Waals surface area (Å²) in [6, 6.07) is -0.362. The van der Waals surface area contributed by atoms with Gasteiger partial charge in [-0.25, -0.2) is 0 Å². The summed E-state index contributed by atoms with van der Waals surface area (Å²) in [5.41, 5.74) is 0. The number of unbranched alkanes of at least 4 members (excludes halogenated alkanes) is 2. The molecule has 2 N–H and O–H groups in total. The molecule has 0 aromatic carbocycles. The van der Waals surface area contributed by atoms with Gasteiger partial charge in [-0.2, -0.15) is 11.8 Å². The van der Waals surface area contributed by atoms with Gasteiger partial charge in [-0.3, -0.25) is 4.79 Å². The maximum absolute atomic E-state index is 10.8. The number of carbonyl (C=O) groups is 1. The average molecular weight is 243 g/mol. The van der Waals surface area contributed by atoms with E-state index in [2.05, 4.69) is 12.2 Å². The van der Waals surface area contributed by atoms with E-state index in [-0.39, 0.29) is 35.6 Å². The molecule has 0 saturated heterocycles. The Hall–Kier alpha value is 0.780. The minimum atomic E-state index is -0.726. The summed E-state index contributed by atoms with van der Waals surface area (Å²) in [6.07, 6.45) is 6.12. The molecule has 0 spiro atoms. The summed E-state index contributed by atoms with van der Waals surface area (Å²) in [5, 5.41) is 12.0. The van der Waals surface area contributed by atoms with E-state index in [1.807, 2.05) is 6.26 Å². The molecule has 0 amide bonds. The van der Waals surface area contributed by atoms with Crippen LogP contribution in [0.1, 0.15) is 32.6 Å². The van der Waals surface area contributed by atoms with E-state index in [1.54, 1.807) is 11.8 Å². The summed E-state index contributed by atoms with van der Waals surface area (Å²) in [5.74, 6) is 0.174. The number of rotatable bonds is 9. The Morgan fingerprint density at radius 2 is 2.13 bits per heavy atom. The first-order chi connectivity index (χ1) is 6.72. The molecule has 3 nitrogen and oxygen atoms in total. The number of hydrogen-bond donors (Lipinski definition) is 2. The van der Waals surface area contributed by atoms with Crippen LogP contribution in [-0.2, 0) is 4.79 Å². The topological polar surface area (TPSA) is 49.3 Å². The van der Waals surface area contributed by atoms with Crippen LogP contribution in [-0.4, -0.2) is 65.2 Å². The fourth-order valence-corrected chi connectivity index (χ4v) is 1.67. The van der Waals surface area contributed by atoms with Crippen LogP contribution in [0.5, 0.6) is 0 Å². The van der Waals surface area contributed by atoms with Gasteiger partial charge in [0.2, 0.25) is 0 Å². The molecular weight excluding hydrogens is 221 g/mol. The van der Waals surface area contributed by atoms with Crippen LogP contribution in [0.15, 0.2) is 0 Å². The van der Waals surface area contributed by atoms with E-state index in [1.165, 1.54) is 12.8 Å². The Morgan fingerprint density at radius 1 is 1.47 bits per heavy atom. The summed E-state index contributed by atoms with van der Waals surface area (Å²) in [7, 11) is 0. The maximum atomic E-state index is 10.8. The fourth-order valence-electron chi connectivity index (χ4n) is 1.20. The van der Waals surface area contributed by atoms with Crippen molar-refractivity contribution in [3.8, 4) is 0 Å². The second-order valence-electron chi connectivity index (χ2n) is 3.33. The van der Waals surface area contributed by atoms with Crippen LogP contribution in [0.2, 0.25) is 0 Å². The molecule has 0 unspecified atom stereocenters. The van der Waals surface area contributed by atoms with Crippen LogP contribution in [0, 0.1) is 0 Å². The monoisotopic (exact) mass is 243 g/mol. The molecule has 0 aliphatic heterocycles. The molecule has 0 radical (unpaired) electrons. The van der Waals surface area contributed by atoms with Gasteiger partial charge in [0.1, 0.15) is 6.04 Å². The molecule has 0 aliphatic rings. The third-order valence-corrected chi connectivity index (χ3v) is 2.72. The number of carboxylic acids is 1. The van der Waals surface area contributed by atoms with E-state index in [0.29, 0.717) is 6.42 Å². The molecule has 0 saturated carbocycles. The molecular formula is C10H22NNaO2S. The van der Waals surface area contributed by atoms with Crippen LogP contribution >= 0.6 is 11.8 Å². The Labute approximate surface area is 119 Å². The van der Waals surface area contributed by atoms with Crippen molar-refractivity contribution in [2.24, 2.45) is 0 Å². The van der Waals surface area contributed by atoms with Gasteiger partial charge >= 0.3 is 35.5 Å². The zero-order chi connectivity index (χ0) is 10.8. The van der Waals surface area contributed by atoms with E-state index >= 15 is 0 Å². The molecule has 5 heteroatoms. The molecule has 0 bridgehead atoms. The third-order valence-electron chi connectivity index (χ3n) is 2.08. The molecule has 0 aromatic rings. The van der Waals surface area contributed by atoms with Gasteiger partial charge < -0.3 is 10.4 Å². The Morgan fingerprint density at radius 3 is 2.60 bits per heavy atom. The van der Waals surface area contributed by atoms with E-state index < -0.39 is 5.97 Å². The van der Waals surface area contributed by atoms with Gasteiger partial charge in [0, 0.05) is 0 Å². The third kappa shape index (κ3) is 11.1. The second kappa shape index (κ2) is 12.8. The van der Waals surface area contributed by atoms with Crippen molar-refractivity contribution in [3.05, 3.63) is 0 Å². The van der Waals surface area contributed by atoms with Crippen molar-refractivity contribution in [3.63, 3.8) is 0 Å². The van der Waals surface area contributed by atoms with Crippen molar-refractivity contribution in [1.82, 2.24) is 5.32 Å². The van der Waals surface area contributed by atoms with Crippen molar-refractivity contribution < 1.29 is 9.90 Å². The molecule has 15 heavy (non-hydrogen) atoms. The summed E-state index contributed by atoms with van der Waals surface area (Å²) in [4.78, 5) is 10.8. The molecule has 0 heterocycles. The number of aliphatic carboxylic acids is 1. The molecule has 1 atom stereocenters. The van der Waals surface area contributed by atoms with Gasteiger partial charge in [-0.05, 0) is 31.4 Å². The average Bonchev–Trinajstić information content (AvgIpc) is 2.16. The first-order valence-electron chi connectivity index (χ1n) is 5.17. The fraction of sp³-hybridized carbons (Fsp3) is 0.900. The zero-order valence-corrected chi connectivity index (χ0v) is 9.90. The van der Waals surface area contributed by atoms with Crippen LogP contribution < -0.4 is 5.32 Å². The van der Waals surface area contributed by atoms with Crippen LogP contribution in [0.3, 0.4) is 0 Å². The van der Waals surface area contributed by atoms with Crippen LogP contribution in [0.4, 0.5) is 0 Å². The Bertz CT molecular complexity index is 158. The second-order valence-corrected chi connectivity index (χ2v) is 4.32. The van der Waals surface area contributed by atoms with E-state index in [4.69, 9.17) is 5.11 Å². The normalized spacial score (nSPS) is 11.9. The Kier molecular flexibility index (Phi) is 15.5. The van der Waals surface area contributed by atoms with Crippen molar-refractivity contribution in [1.29, 1.82) is 0 Å². The van der Waals surface area contributed by atoms with Crippen molar-refractivity contribution in [2.45, 2.75) is 38.6 Å². The van der Waals surface area contributed by atoms with Crippen molar-refractivity contribution in [2.75, 3.05) is 18.6 Å². The molecule has 0 aliphatic carbocycles. The molecule has 0 rings (SSSR count). The number of thioether (sulfide) groups is 1. The predicted molar refractivity (Wildman–Crippen MR) is 69.1 cm³/mol. The van der Waals surface area contributed by atoms with Crippen LogP contribution in [0.25, 0.3) is 0 Å². The Balaban J connectivity index is 0. The van der Waals surface area contributed by atoms with Gasteiger partial charge in [-0.15, -0.1) is 0 Å². The summed E-state index contributed by atoms with van der Waals surface area (Å²) < 4.78 is 0. The first-order valence-corrected chi connectivity index (χ1v) is 6.56. The SMILES string of the molecule is CCCCCN[C@@H](CCSC)C(=O)O.[NaH]. The zero-order valence-electron chi connectivity index (χ0n) is 9.08. The summed E-state index contributed by atoms with van der Waals surface area (Å²) >= 11 is 1.69. The quantitative estimate of drug-likeness (QED) is 0.474. The van der Waals surface area contributed by atoms with Gasteiger partial charge in [0.05, 0.1) is 0 Å². The molecule has 86 valence electrons. The van der Waals surface area contributed by atoms with Crippen molar-refractivity contribution >= 4 is 47.3 Å². The minimum absolute atomic E-state index is 0. The molecule has 0 fully saturated rings. The standard InChI is InChI=1S/C10H21NO2S.Na.H/c1-3-4-5-7-11-9(10(12)13)6-8-14-2;;/h9,11H,3-8H2,1-2H3,(H,12,13);;/t9-;;/m0../s1. The first kappa shape index (κ1) is 18.2. The predicted octanol–water partition coefficient (Wildman–Crippen LogP) is 1.32.